The predicted octanol–water partition coefficient (Wildman–Crippen LogP) is 1.98. The summed E-state index contributed by atoms with van der Waals surface area (Å²) in [6, 6.07) is 6.12. The topological polar surface area (TPSA) is 92.8 Å². The molecule has 132 valence electrons. The molecular formula is C15H20N2O5S2. The van der Waals surface area contributed by atoms with Crippen LogP contribution in [0.25, 0.3) is 0 Å². The van der Waals surface area contributed by atoms with Gasteiger partial charge in [0.2, 0.25) is 5.44 Å². The van der Waals surface area contributed by atoms with Crippen LogP contribution in [-0.2, 0) is 19.4 Å². The van der Waals surface area contributed by atoms with E-state index in [0.717, 1.165) is 18.0 Å². The van der Waals surface area contributed by atoms with Gasteiger partial charge in [-0.05, 0) is 39.0 Å². The number of hydrogen-bond acceptors (Lipinski definition) is 6. The second-order valence-corrected chi connectivity index (χ2v) is 9.48. The average Bonchev–Trinajstić information content (AvgIpc) is 2.77. The fourth-order valence-corrected chi connectivity index (χ4v) is 3.65. The predicted molar refractivity (Wildman–Crippen MR) is 92.7 cm³/mol. The number of alkyl carbamates (subject to hydrolysis) is 1. The Kier molecular flexibility index (Phi) is 5.14. The molecule has 1 N–H and O–H groups in total. The van der Waals surface area contributed by atoms with Crippen molar-refractivity contribution in [3.05, 3.63) is 24.3 Å². The van der Waals surface area contributed by atoms with E-state index in [-0.39, 0.29) is 10.8 Å². The first kappa shape index (κ1) is 18.6. The van der Waals surface area contributed by atoms with Crippen molar-refractivity contribution in [3.63, 3.8) is 0 Å². The fourth-order valence-electron chi connectivity index (χ4n) is 2.01. The van der Waals surface area contributed by atoms with E-state index in [1.165, 1.54) is 17.0 Å². The van der Waals surface area contributed by atoms with Crippen LogP contribution >= 0.6 is 11.8 Å². The third kappa shape index (κ3) is 4.64. The van der Waals surface area contributed by atoms with Gasteiger partial charge in [0.05, 0.1) is 10.8 Å². The Morgan fingerprint density at radius 3 is 2.62 bits per heavy atom. The van der Waals surface area contributed by atoms with Crippen molar-refractivity contribution < 1.29 is 22.7 Å². The number of carbonyl (C=O) groups excluding carboxylic acids is 2. The first-order valence-corrected chi connectivity index (χ1v) is 10.1. The van der Waals surface area contributed by atoms with Crippen molar-refractivity contribution in [2.75, 3.05) is 17.0 Å². The maximum atomic E-state index is 12.4. The molecule has 2 rings (SSSR count). The van der Waals surface area contributed by atoms with Gasteiger partial charge >= 0.3 is 6.09 Å². The molecule has 7 nitrogen and oxygen atoms in total. The lowest BCUT2D eigenvalue weighted by Gasteiger charge is -2.21. The van der Waals surface area contributed by atoms with E-state index in [1.54, 1.807) is 32.9 Å². The molecule has 1 unspecified atom stereocenters. The van der Waals surface area contributed by atoms with Crippen molar-refractivity contribution in [3.8, 4) is 0 Å². The van der Waals surface area contributed by atoms with Crippen molar-refractivity contribution in [1.29, 1.82) is 0 Å². The zero-order chi connectivity index (χ0) is 18.1. The number of carbonyl (C=O) groups is 2. The Bertz CT molecular complexity index is 755. The van der Waals surface area contributed by atoms with E-state index in [4.69, 9.17) is 4.74 Å². The lowest BCUT2D eigenvalue weighted by atomic mass is 10.1. The number of benzene rings is 1. The van der Waals surface area contributed by atoms with Crippen molar-refractivity contribution in [2.24, 2.45) is 0 Å². The maximum Gasteiger partial charge on any atom is 0.409 e. The molecule has 0 bridgehead atoms. The van der Waals surface area contributed by atoms with E-state index in [2.05, 4.69) is 5.32 Å². The summed E-state index contributed by atoms with van der Waals surface area (Å²) in [6.07, 6.45) is 0.440. The van der Waals surface area contributed by atoms with E-state index in [0.29, 0.717) is 5.69 Å². The molecule has 0 radical (unpaired) electrons. The highest BCUT2D eigenvalue weighted by atomic mass is 32.2. The summed E-state index contributed by atoms with van der Waals surface area (Å²) in [5.41, 5.74) is -0.959. The molecule has 1 aromatic rings. The zero-order valence-corrected chi connectivity index (χ0v) is 15.5. The second kappa shape index (κ2) is 6.64. The number of thioether (sulfide) groups is 1. The van der Waals surface area contributed by atoms with Gasteiger partial charge in [0.15, 0.2) is 9.84 Å². The highest BCUT2D eigenvalue weighted by Gasteiger charge is 2.37. The molecule has 1 atom stereocenters. The number of rotatable bonds is 3. The summed E-state index contributed by atoms with van der Waals surface area (Å²) in [6.45, 7) is 5.42. The van der Waals surface area contributed by atoms with Crippen LogP contribution in [0.5, 0.6) is 0 Å². The van der Waals surface area contributed by atoms with Gasteiger partial charge in [-0.25, -0.2) is 13.2 Å². The van der Waals surface area contributed by atoms with Gasteiger partial charge in [-0.15, -0.1) is 0 Å². The Morgan fingerprint density at radius 2 is 2.04 bits per heavy atom. The third-order valence-corrected chi connectivity index (χ3v) is 5.19. The molecule has 0 aliphatic carbocycles. The van der Waals surface area contributed by atoms with Gasteiger partial charge in [0.1, 0.15) is 0 Å². The molecule has 1 aromatic carbocycles. The van der Waals surface area contributed by atoms with E-state index in [1.807, 2.05) is 0 Å². The van der Waals surface area contributed by atoms with Gasteiger partial charge in [-0.2, -0.15) is 0 Å². The van der Waals surface area contributed by atoms with Crippen LogP contribution in [0.4, 0.5) is 10.5 Å². The van der Waals surface area contributed by atoms with Crippen LogP contribution in [0, 0.1) is 0 Å². The van der Waals surface area contributed by atoms with E-state index >= 15 is 0 Å². The Hall–Kier alpha value is -1.74. The van der Waals surface area contributed by atoms with Gasteiger partial charge in [-0.1, -0.05) is 17.8 Å². The zero-order valence-electron chi connectivity index (χ0n) is 13.9. The van der Waals surface area contributed by atoms with Crippen LogP contribution in [0.2, 0.25) is 0 Å². The standard InChI is InChI=1S/C15H20N2O5S2/c1-15(2,3)16-14(19)22-13-12(18)17(9-23-13)10-6-5-7-11(8-10)24(4,20)21/h5-8,13H,9H2,1-4H3,(H,16,19). The number of nitrogens with zero attached hydrogens (tertiary/aromatic N) is 1. The summed E-state index contributed by atoms with van der Waals surface area (Å²) >= 11 is 1.16. The number of hydrogen-bond donors (Lipinski definition) is 1. The molecule has 2 amide bonds. The van der Waals surface area contributed by atoms with Gasteiger partial charge in [0.25, 0.3) is 5.91 Å². The largest absolute Gasteiger partial charge is 0.425 e. The Morgan fingerprint density at radius 1 is 1.38 bits per heavy atom. The fraction of sp³-hybridized carbons (Fsp3) is 0.467. The molecule has 1 aliphatic rings. The Balaban J connectivity index is 2.11. The normalized spacial score (nSPS) is 18.6. The number of ether oxygens (including phenoxy) is 1. The number of nitrogens with one attached hydrogen (secondary N) is 1. The van der Waals surface area contributed by atoms with Crippen molar-refractivity contribution >= 4 is 39.3 Å². The average molecular weight is 372 g/mol. The van der Waals surface area contributed by atoms with Gasteiger partial charge in [-0.3, -0.25) is 9.69 Å². The minimum absolute atomic E-state index is 0.132. The molecule has 24 heavy (non-hydrogen) atoms. The summed E-state index contributed by atoms with van der Waals surface area (Å²) < 4.78 is 28.4. The first-order valence-electron chi connectivity index (χ1n) is 7.19. The SMILES string of the molecule is CC(C)(C)NC(=O)OC1SCN(c2cccc(S(C)(=O)=O)c2)C1=O. The molecule has 1 heterocycles. The third-order valence-electron chi connectivity index (χ3n) is 3.07. The molecule has 1 aliphatic heterocycles. The molecule has 0 spiro atoms. The number of amides is 2. The van der Waals surface area contributed by atoms with E-state index in [9.17, 15) is 18.0 Å². The Labute approximate surface area is 145 Å². The minimum Gasteiger partial charge on any atom is -0.425 e. The molecule has 9 heteroatoms. The monoisotopic (exact) mass is 372 g/mol. The summed E-state index contributed by atoms with van der Waals surface area (Å²) in [5.74, 6) is -0.116. The first-order chi connectivity index (χ1) is 11.0. The van der Waals surface area contributed by atoms with Crippen LogP contribution in [0.1, 0.15) is 20.8 Å². The van der Waals surface area contributed by atoms with Crippen molar-refractivity contribution in [1.82, 2.24) is 5.32 Å². The lowest BCUT2D eigenvalue weighted by Crippen LogP contribution is -2.43. The lowest BCUT2D eigenvalue weighted by molar-refractivity contribution is -0.122. The summed E-state index contributed by atoms with van der Waals surface area (Å²) in [7, 11) is -3.37. The molecule has 0 saturated carbocycles. The number of anilines is 1. The smallest absolute Gasteiger partial charge is 0.409 e. The quantitative estimate of drug-likeness (QED) is 0.872. The highest BCUT2D eigenvalue weighted by molar-refractivity contribution is 8.01. The van der Waals surface area contributed by atoms with Crippen LogP contribution in [0.3, 0.4) is 0 Å². The van der Waals surface area contributed by atoms with Crippen LogP contribution in [-0.4, -0.2) is 43.5 Å². The highest BCUT2D eigenvalue weighted by Crippen LogP contribution is 2.31. The van der Waals surface area contributed by atoms with Crippen LogP contribution < -0.4 is 10.2 Å². The maximum absolute atomic E-state index is 12.4. The number of sulfone groups is 1. The molecular weight excluding hydrogens is 352 g/mol. The summed E-state index contributed by atoms with van der Waals surface area (Å²) in [4.78, 5) is 25.7. The van der Waals surface area contributed by atoms with E-state index < -0.39 is 32.8 Å². The molecule has 1 fully saturated rings. The minimum atomic E-state index is -3.37. The van der Waals surface area contributed by atoms with Crippen LogP contribution in [0.15, 0.2) is 29.2 Å². The molecule has 0 aromatic heterocycles. The second-order valence-electron chi connectivity index (χ2n) is 6.44. The van der Waals surface area contributed by atoms with Crippen molar-refractivity contribution in [2.45, 2.75) is 36.6 Å². The summed E-state index contributed by atoms with van der Waals surface area (Å²) in [5, 5.41) is 2.63. The van der Waals surface area contributed by atoms with Gasteiger partial charge in [0, 0.05) is 17.5 Å². The molecule has 1 saturated heterocycles. The van der Waals surface area contributed by atoms with Gasteiger partial charge < -0.3 is 10.1 Å².